The minimum absolute atomic E-state index is 0.00188. The van der Waals surface area contributed by atoms with Gasteiger partial charge < -0.3 is 9.84 Å². The molecule has 1 aromatic carbocycles. The number of hydrogen-bond donors (Lipinski definition) is 1. The number of aliphatic hydroxyl groups excluding tert-OH is 1. The molecule has 1 aromatic rings. The molecule has 0 amide bonds. The smallest absolute Gasteiger partial charge is 0.337 e. The molecule has 0 aliphatic carbocycles. The van der Waals surface area contributed by atoms with Crippen molar-refractivity contribution in [2.24, 2.45) is 0 Å². The molecule has 82 valence electrons. The molecule has 0 heterocycles. The van der Waals surface area contributed by atoms with E-state index in [2.05, 4.69) is 4.74 Å². The van der Waals surface area contributed by atoms with Crippen LogP contribution in [0.4, 0.5) is 4.39 Å². The molecule has 0 aliphatic heterocycles. The Morgan fingerprint density at radius 3 is 2.87 bits per heavy atom. The molecule has 0 radical (unpaired) electrons. The highest BCUT2D eigenvalue weighted by Crippen LogP contribution is 2.13. The van der Waals surface area contributed by atoms with Crippen molar-refractivity contribution in [2.45, 2.75) is 12.8 Å². The average Bonchev–Trinajstić information content (AvgIpc) is 2.27. The predicted molar refractivity (Wildman–Crippen MR) is 53.1 cm³/mol. The first-order valence-corrected chi connectivity index (χ1v) is 4.66. The lowest BCUT2D eigenvalue weighted by Crippen LogP contribution is -2.03. The Kier molecular flexibility index (Phi) is 4.24. The van der Waals surface area contributed by atoms with Gasteiger partial charge in [0.1, 0.15) is 5.82 Å². The van der Waals surface area contributed by atoms with E-state index < -0.39 is 5.97 Å². The Bertz CT molecular complexity index is 350. The highest BCUT2D eigenvalue weighted by atomic mass is 19.1. The minimum atomic E-state index is -0.486. The van der Waals surface area contributed by atoms with Crippen LogP contribution in [0.5, 0.6) is 0 Å². The van der Waals surface area contributed by atoms with Crippen molar-refractivity contribution in [1.82, 2.24) is 0 Å². The molecule has 0 aromatic heterocycles. The molecule has 0 saturated heterocycles. The molecule has 1 N–H and O–H groups in total. The second-order valence-corrected chi connectivity index (χ2v) is 3.12. The molecule has 0 saturated carbocycles. The van der Waals surface area contributed by atoms with Crippen molar-refractivity contribution in [3.8, 4) is 0 Å². The third-order valence-corrected chi connectivity index (χ3v) is 2.07. The maximum absolute atomic E-state index is 13.2. The van der Waals surface area contributed by atoms with Crippen LogP contribution in [0.2, 0.25) is 0 Å². The van der Waals surface area contributed by atoms with E-state index in [0.29, 0.717) is 24.0 Å². The Balaban J connectivity index is 2.89. The summed E-state index contributed by atoms with van der Waals surface area (Å²) in [4.78, 5) is 11.2. The average molecular weight is 212 g/mol. The van der Waals surface area contributed by atoms with Crippen molar-refractivity contribution < 1.29 is 19.0 Å². The Labute approximate surface area is 87.5 Å². The van der Waals surface area contributed by atoms with E-state index in [0.717, 1.165) is 0 Å². The predicted octanol–water partition coefficient (Wildman–Crippen LogP) is 1.54. The summed E-state index contributed by atoms with van der Waals surface area (Å²) >= 11 is 0. The van der Waals surface area contributed by atoms with E-state index in [1.165, 1.54) is 25.3 Å². The van der Waals surface area contributed by atoms with Gasteiger partial charge in [-0.2, -0.15) is 0 Å². The Morgan fingerprint density at radius 1 is 1.53 bits per heavy atom. The Hall–Kier alpha value is -1.42. The molecule has 1 rings (SSSR count). The summed E-state index contributed by atoms with van der Waals surface area (Å²) in [5.74, 6) is -0.851. The molecule has 4 heteroatoms. The van der Waals surface area contributed by atoms with Crippen LogP contribution < -0.4 is 0 Å². The number of benzene rings is 1. The van der Waals surface area contributed by atoms with E-state index >= 15 is 0 Å². The van der Waals surface area contributed by atoms with E-state index in [1.807, 2.05) is 0 Å². The molecular weight excluding hydrogens is 199 g/mol. The normalized spacial score (nSPS) is 10.1. The van der Waals surface area contributed by atoms with Gasteiger partial charge in [0, 0.05) is 6.61 Å². The van der Waals surface area contributed by atoms with E-state index in [9.17, 15) is 9.18 Å². The number of esters is 1. The van der Waals surface area contributed by atoms with Crippen molar-refractivity contribution >= 4 is 5.97 Å². The van der Waals surface area contributed by atoms with Crippen molar-refractivity contribution in [2.75, 3.05) is 13.7 Å². The molecule has 0 unspecified atom stereocenters. The highest BCUT2D eigenvalue weighted by molar-refractivity contribution is 5.89. The second kappa shape index (κ2) is 5.46. The van der Waals surface area contributed by atoms with Crippen LogP contribution in [-0.4, -0.2) is 24.8 Å². The number of hydrogen-bond acceptors (Lipinski definition) is 3. The molecule has 0 atom stereocenters. The van der Waals surface area contributed by atoms with Gasteiger partial charge >= 0.3 is 5.97 Å². The molecule has 0 aliphatic rings. The van der Waals surface area contributed by atoms with Crippen LogP contribution in [0.1, 0.15) is 22.3 Å². The molecule has 0 bridgehead atoms. The summed E-state index contributed by atoms with van der Waals surface area (Å²) < 4.78 is 17.8. The van der Waals surface area contributed by atoms with Crippen molar-refractivity contribution in [1.29, 1.82) is 0 Å². The summed E-state index contributed by atoms with van der Waals surface area (Å²) in [6, 6.07) is 4.07. The van der Waals surface area contributed by atoms with Gasteiger partial charge in [0.05, 0.1) is 12.7 Å². The maximum Gasteiger partial charge on any atom is 0.337 e. The van der Waals surface area contributed by atoms with Crippen LogP contribution >= 0.6 is 0 Å². The fourth-order valence-corrected chi connectivity index (χ4v) is 1.28. The minimum Gasteiger partial charge on any atom is -0.465 e. The summed E-state index contributed by atoms with van der Waals surface area (Å²) in [7, 11) is 1.28. The first-order valence-electron chi connectivity index (χ1n) is 4.66. The number of methoxy groups -OCH3 is 1. The second-order valence-electron chi connectivity index (χ2n) is 3.12. The fourth-order valence-electron chi connectivity index (χ4n) is 1.28. The van der Waals surface area contributed by atoms with Crippen LogP contribution in [-0.2, 0) is 11.2 Å². The Morgan fingerprint density at radius 2 is 2.27 bits per heavy atom. The van der Waals surface area contributed by atoms with Crippen LogP contribution in [0.3, 0.4) is 0 Å². The molecule has 0 spiro atoms. The summed E-state index contributed by atoms with van der Waals surface area (Å²) in [6.45, 7) is 0.00188. The third-order valence-electron chi connectivity index (χ3n) is 2.07. The van der Waals surface area contributed by atoms with Crippen molar-refractivity contribution in [3.05, 3.63) is 35.1 Å². The standard InChI is InChI=1S/C11H13FO3/c1-15-11(14)9-4-5-10(12)8(7-9)3-2-6-13/h4-5,7,13H,2-3,6H2,1H3. The number of rotatable bonds is 4. The van der Waals surface area contributed by atoms with Gasteiger partial charge in [0.15, 0.2) is 0 Å². The van der Waals surface area contributed by atoms with Crippen LogP contribution in [0, 0.1) is 5.82 Å². The zero-order valence-corrected chi connectivity index (χ0v) is 8.50. The van der Waals surface area contributed by atoms with Gasteiger partial charge in [-0.1, -0.05) is 0 Å². The van der Waals surface area contributed by atoms with Gasteiger partial charge in [-0.3, -0.25) is 0 Å². The molecular formula is C11H13FO3. The lowest BCUT2D eigenvalue weighted by molar-refractivity contribution is 0.0600. The van der Waals surface area contributed by atoms with E-state index in [-0.39, 0.29) is 12.4 Å². The SMILES string of the molecule is COC(=O)c1ccc(F)c(CCCO)c1. The summed E-state index contributed by atoms with van der Waals surface area (Å²) in [5, 5.41) is 8.63. The quantitative estimate of drug-likeness (QED) is 0.770. The van der Waals surface area contributed by atoms with Crippen LogP contribution in [0.25, 0.3) is 0 Å². The monoisotopic (exact) mass is 212 g/mol. The zero-order valence-electron chi connectivity index (χ0n) is 8.50. The molecule has 0 fully saturated rings. The number of carbonyl (C=O) groups is 1. The lowest BCUT2D eigenvalue weighted by atomic mass is 10.1. The van der Waals surface area contributed by atoms with Gasteiger partial charge in [0.2, 0.25) is 0 Å². The number of aryl methyl sites for hydroxylation is 1. The van der Waals surface area contributed by atoms with Gasteiger partial charge in [-0.05, 0) is 36.6 Å². The molecule has 3 nitrogen and oxygen atoms in total. The maximum atomic E-state index is 13.2. The zero-order chi connectivity index (χ0) is 11.3. The third kappa shape index (κ3) is 3.02. The number of halogens is 1. The molecule has 15 heavy (non-hydrogen) atoms. The first kappa shape index (κ1) is 11.7. The summed E-state index contributed by atoms with van der Waals surface area (Å²) in [6.07, 6.45) is 0.884. The largest absolute Gasteiger partial charge is 0.465 e. The first-order chi connectivity index (χ1) is 7.19. The van der Waals surface area contributed by atoms with Gasteiger partial charge in [0.25, 0.3) is 0 Å². The van der Waals surface area contributed by atoms with E-state index in [1.54, 1.807) is 0 Å². The lowest BCUT2D eigenvalue weighted by Gasteiger charge is -2.04. The topological polar surface area (TPSA) is 46.5 Å². The van der Waals surface area contributed by atoms with Crippen molar-refractivity contribution in [3.63, 3.8) is 0 Å². The highest BCUT2D eigenvalue weighted by Gasteiger charge is 2.09. The number of aliphatic hydroxyl groups is 1. The van der Waals surface area contributed by atoms with Crippen LogP contribution in [0.15, 0.2) is 18.2 Å². The summed E-state index contributed by atoms with van der Waals surface area (Å²) in [5.41, 5.74) is 0.749. The van der Waals surface area contributed by atoms with Gasteiger partial charge in [-0.25, -0.2) is 9.18 Å². The fraction of sp³-hybridized carbons (Fsp3) is 0.364. The number of ether oxygens (including phenoxy) is 1. The number of carbonyl (C=O) groups excluding carboxylic acids is 1. The van der Waals surface area contributed by atoms with Gasteiger partial charge in [-0.15, -0.1) is 0 Å². The van der Waals surface area contributed by atoms with E-state index in [4.69, 9.17) is 5.11 Å².